The minimum atomic E-state index is 0.112. The van der Waals surface area contributed by atoms with Crippen molar-refractivity contribution >= 4 is 11.7 Å². The molecule has 1 aliphatic heterocycles. The molecule has 2 N–H and O–H groups in total. The number of likely N-dealkylation sites (N-methyl/N-ethyl adjacent to an activating group) is 1. The lowest BCUT2D eigenvalue weighted by molar-refractivity contribution is -0.133. The molecule has 0 bridgehead atoms. The summed E-state index contributed by atoms with van der Waals surface area (Å²) in [6, 6.07) is 1.95. The summed E-state index contributed by atoms with van der Waals surface area (Å²) in [7, 11) is 2.10. The summed E-state index contributed by atoms with van der Waals surface area (Å²) in [6.45, 7) is 5.15. The van der Waals surface area contributed by atoms with E-state index < -0.39 is 0 Å². The number of carbonyl (C=O) groups excluding carboxylic acids is 1. The Hall–Kier alpha value is -1.56. The fourth-order valence-corrected chi connectivity index (χ4v) is 2.44. The van der Waals surface area contributed by atoms with E-state index in [1.165, 1.54) is 0 Å². The van der Waals surface area contributed by atoms with E-state index in [4.69, 9.17) is 5.73 Å². The summed E-state index contributed by atoms with van der Waals surface area (Å²) in [4.78, 5) is 16.5. The highest BCUT2D eigenvalue weighted by atomic mass is 16.2. The third kappa shape index (κ3) is 3.01. The first kappa shape index (κ1) is 12.9. The molecule has 0 spiro atoms. The molecule has 0 aromatic carbocycles. The highest BCUT2D eigenvalue weighted by Crippen LogP contribution is 2.09. The second-order valence-corrected chi connectivity index (χ2v) is 4.99. The van der Waals surface area contributed by atoms with Crippen LogP contribution in [0, 0.1) is 0 Å². The standard InChI is InChI=1S/C12H21N5O/c1-10-8-15(2)5-3-6-17(10)12(18)9-16-7-4-11(13)14-16/h4,7,10H,3,5-6,8-9H2,1-2H3,(H2,13,14). The summed E-state index contributed by atoms with van der Waals surface area (Å²) in [5.41, 5.74) is 5.54. The topological polar surface area (TPSA) is 67.4 Å². The first-order valence-electron chi connectivity index (χ1n) is 6.33. The van der Waals surface area contributed by atoms with Gasteiger partial charge in [0.15, 0.2) is 0 Å². The average Bonchev–Trinajstić information content (AvgIpc) is 2.60. The number of nitrogens with two attached hydrogens (primary N) is 1. The van der Waals surface area contributed by atoms with E-state index >= 15 is 0 Å². The van der Waals surface area contributed by atoms with Gasteiger partial charge < -0.3 is 15.5 Å². The second kappa shape index (κ2) is 5.39. The molecule has 1 unspecified atom stereocenters. The molecule has 6 heteroatoms. The zero-order valence-corrected chi connectivity index (χ0v) is 11.0. The maximum atomic E-state index is 12.3. The number of nitrogen functional groups attached to an aromatic ring is 1. The minimum absolute atomic E-state index is 0.112. The molecule has 0 saturated carbocycles. The Bertz CT molecular complexity index is 416. The number of aromatic nitrogens is 2. The third-order valence-electron chi connectivity index (χ3n) is 3.33. The van der Waals surface area contributed by atoms with E-state index in [-0.39, 0.29) is 18.5 Å². The van der Waals surface area contributed by atoms with Gasteiger partial charge in [0.2, 0.25) is 5.91 Å². The Morgan fingerprint density at radius 1 is 1.56 bits per heavy atom. The molecule has 0 radical (unpaired) electrons. The van der Waals surface area contributed by atoms with Crippen LogP contribution in [0.5, 0.6) is 0 Å². The number of carbonyl (C=O) groups is 1. The first-order valence-corrected chi connectivity index (χ1v) is 6.33. The lowest BCUT2D eigenvalue weighted by Crippen LogP contribution is -2.43. The summed E-state index contributed by atoms with van der Waals surface area (Å²) in [5.74, 6) is 0.562. The van der Waals surface area contributed by atoms with E-state index in [9.17, 15) is 4.79 Å². The lowest BCUT2D eigenvalue weighted by Gasteiger charge is -2.28. The van der Waals surface area contributed by atoms with Crippen LogP contribution in [0.2, 0.25) is 0 Å². The van der Waals surface area contributed by atoms with Gasteiger partial charge in [-0.15, -0.1) is 0 Å². The molecule has 6 nitrogen and oxygen atoms in total. The number of rotatable bonds is 2. The van der Waals surface area contributed by atoms with Crippen LogP contribution >= 0.6 is 0 Å². The Balaban J connectivity index is 1.99. The zero-order chi connectivity index (χ0) is 13.1. The van der Waals surface area contributed by atoms with Crippen molar-refractivity contribution in [3.8, 4) is 0 Å². The fourth-order valence-electron chi connectivity index (χ4n) is 2.44. The zero-order valence-electron chi connectivity index (χ0n) is 11.0. The van der Waals surface area contributed by atoms with E-state index in [1.54, 1.807) is 16.9 Å². The number of nitrogens with zero attached hydrogens (tertiary/aromatic N) is 4. The van der Waals surface area contributed by atoms with E-state index in [0.29, 0.717) is 5.82 Å². The van der Waals surface area contributed by atoms with Gasteiger partial charge in [0.25, 0.3) is 0 Å². The van der Waals surface area contributed by atoms with Crippen LogP contribution in [0.25, 0.3) is 0 Å². The number of anilines is 1. The molecule has 2 rings (SSSR count). The summed E-state index contributed by atoms with van der Waals surface area (Å²) in [5, 5.41) is 4.05. The summed E-state index contributed by atoms with van der Waals surface area (Å²) < 4.78 is 1.60. The molecule has 1 saturated heterocycles. The van der Waals surface area contributed by atoms with E-state index in [0.717, 1.165) is 26.1 Å². The van der Waals surface area contributed by atoms with Gasteiger partial charge in [-0.25, -0.2) is 0 Å². The predicted octanol–water partition coefficient (Wildman–Crippen LogP) is 0.0179. The summed E-state index contributed by atoms with van der Waals surface area (Å²) in [6.07, 6.45) is 2.76. The number of hydrogen-bond acceptors (Lipinski definition) is 4. The van der Waals surface area contributed by atoms with Gasteiger partial charge >= 0.3 is 0 Å². The molecular weight excluding hydrogens is 230 g/mol. The van der Waals surface area contributed by atoms with Crippen LogP contribution in [0.15, 0.2) is 12.3 Å². The van der Waals surface area contributed by atoms with Gasteiger partial charge in [0.1, 0.15) is 12.4 Å². The molecule has 2 heterocycles. The monoisotopic (exact) mass is 251 g/mol. The van der Waals surface area contributed by atoms with Crippen LogP contribution in [-0.2, 0) is 11.3 Å². The van der Waals surface area contributed by atoms with Crippen LogP contribution in [0.3, 0.4) is 0 Å². The second-order valence-electron chi connectivity index (χ2n) is 4.99. The molecule has 1 atom stereocenters. The molecule has 18 heavy (non-hydrogen) atoms. The lowest BCUT2D eigenvalue weighted by atomic mass is 10.2. The van der Waals surface area contributed by atoms with E-state index in [2.05, 4.69) is 24.0 Å². The van der Waals surface area contributed by atoms with Crippen LogP contribution in [0.1, 0.15) is 13.3 Å². The van der Waals surface area contributed by atoms with Crippen LogP contribution < -0.4 is 5.73 Å². The maximum absolute atomic E-state index is 12.3. The maximum Gasteiger partial charge on any atom is 0.244 e. The van der Waals surface area contributed by atoms with Gasteiger partial charge in [0.05, 0.1) is 0 Å². The van der Waals surface area contributed by atoms with Crippen molar-refractivity contribution in [2.75, 3.05) is 32.4 Å². The smallest absolute Gasteiger partial charge is 0.244 e. The third-order valence-corrected chi connectivity index (χ3v) is 3.33. The molecule has 1 fully saturated rings. The largest absolute Gasteiger partial charge is 0.382 e. The molecule has 100 valence electrons. The van der Waals surface area contributed by atoms with E-state index in [1.807, 2.05) is 4.90 Å². The van der Waals surface area contributed by atoms with Crippen molar-refractivity contribution in [1.29, 1.82) is 0 Å². The van der Waals surface area contributed by atoms with Crippen molar-refractivity contribution in [2.24, 2.45) is 0 Å². The predicted molar refractivity (Wildman–Crippen MR) is 69.9 cm³/mol. The minimum Gasteiger partial charge on any atom is -0.382 e. The van der Waals surface area contributed by atoms with Crippen LogP contribution in [-0.4, -0.2) is 58.2 Å². The van der Waals surface area contributed by atoms with Gasteiger partial charge in [-0.3, -0.25) is 9.48 Å². The number of hydrogen-bond donors (Lipinski definition) is 1. The van der Waals surface area contributed by atoms with Crippen molar-refractivity contribution in [3.05, 3.63) is 12.3 Å². The Morgan fingerprint density at radius 2 is 2.33 bits per heavy atom. The van der Waals surface area contributed by atoms with Gasteiger partial charge in [-0.1, -0.05) is 0 Å². The quantitative estimate of drug-likeness (QED) is 0.804. The highest BCUT2D eigenvalue weighted by Gasteiger charge is 2.24. The molecule has 1 amide bonds. The highest BCUT2D eigenvalue weighted by molar-refractivity contribution is 5.76. The van der Waals surface area contributed by atoms with Crippen molar-refractivity contribution in [2.45, 2.75) is 25.9 Å². The Labute approximate surface area is 107 Å². The van der Waals surface area contributed by atoms with Crippen molar-refractivity contribution < 1.29 is 4.79 Å². The van der Waals surface area contributed by atoms with Crippen molar-refractivity contribution in [1.82, 2.24) is 19.6 Å². The molecule has 1 aromatic heterocycles. The molecular formula is C12H21N5O. The van der Waals surface area contributed by atoms with Crippen LogP contribution in [0.4, 0.5) is 5.82 Å². The first-order chi connectivity index (χ1) is 8.56. The molecule has 1 aliphatic rings. The van der Waals surface area contributed by atoms with Gasteiger partial charge in [-0.05, 0) is 33.0 Å². The molecule has 0 aliphatic carbocycles. The molecule has 1 aromatic rings. The number of amides is 1. The normalized spacial score (nSPS) is 21.9. The average molecular weight is 251 g/mol. The van der Waals surface area contributed by atoms with Gasteiger partial charge in [0, 0.05) is 25.3 Å². The Morgan fingerprint density at radius 3 is 3.00 bits per heavy atom. The summed E-state index contributed by atoms with van der Waals surface area (Å²) >= 11 is 0. The van der Waals surface area contributed by atoms with Crippen molar-refractivity contribution in [3.63, 3.8) is 0 Å². The fraction of sp³-hybridized carbons (Fsp3) is 0.667. The van der Waals surface area contributed by atoms with Gasteiger partial charge in [-0.2, -0.15) is 5.10 Å². The SMILES string of the molecule is CC1CN(C)CCCN1C(=O)Cn1ccc(N)n1. The Kier molecular flexibility index (Phi) is 3.86.